The van der Waals surface area contributed by atoms with Crippen LogP contribution in [0, 0.1) is 10.8 Å². The Morgan fingerprint density at radius 3 is 1.57 bits per heavy atom. The number of hydrazine groups is 2. The topological polar surface area (TPSA) is 285 Å². The Hall–Kier alpha value is -6.71. The summed E-state index contributed by atoms with van der Waals surface area (Å²) in [5.41, 5.74) is 7.02. The summed E-state index contributed by atoms with van der Waals surface area (Å²) in [4.78, 5) is 104. The number of carboxylic acids is 1. The summed E-state index contributed by atoms with van der Waals surface area (Å²) in [5.74, 6) is 2.94. The zero-order valence-corrected chi connectivity index (χ0v) is 42.0. The SMILES string of the molecule is CCC(C)(C)C(=O)C(=O)N1CCC[C@H]1C(=O)NNC(=O)CCc1cc(OC)c(OC)c(OC)c1.CCC(C)(C)C(=O)C(=O)N1CCC[C@H]1C(=O)O.COc1cc(CCC(=O)NN)c[n+](OC)c1OC. The number of methoxy groups -OCH3 is 5. The predicted octanol–water partition coefficient (Wildman–Crippen LogP) is 1.83. The molecule has 384 valence electrons. The van der Waals surface area contributed by atoms with Gasteiger partial charge in [0.25, 0.3) is 17.7 Å². The summed E-state index contributed by atoms with van der Waals surface area (Å²) in [6.45, 7) is 11.2. The summed E-state index contributed by atoms with van der Waals surface area (Å²) < 4.78 is 27.7. The van der Waals surface area contributed by atoms with E-state index in [0.29, 0.717) is 93.3 Å². The lowest BCUT2D eigenvalue weighted by Crippen LogP contribution is -2.53. The van der Waals surface area contributed by atoms with Crippen LogP contribution in [0.5, 0.6) is 28.9 Å². The molecule has 0 bridgehead atoms. The summed E-state index contributed by atoms with van der Waals surface area (Å²) in [6, 6.07) is 3.67. The smallest absolute Gasteiger partial charge is 0.459 e. The summed E-state index contributed by atoms with van der Waals surface area (Å²) in [7, 11) is 9.10. The number of aromatic nitrogens is 1. The highest BCUT2D eigenvalue weighted by Gasteiger charge is 2.42. The van der Waals surface area contributed by atoms with Crippen molar-refractivity contribution in [2.24, 2.45) is 16.7 Å². The molecule has 2 aliphatic heterocycles. The van der Waals surface area contributed by atoms with Crippen LogP contribution in [0.25, 0.3) is 0 Å². The number of carboxylic acid groups (broad SMARTS) is 1. The van der Waals surface area contributed by atoms with Gasteiger partial charge in [0.05, 0.1) is 40.3 Å². The first-order chi connectivity index (χ1) is 32.6. The van der Waals surface area contributed by atoms with Gasteiger partial charge in [-0.15, -0.1) is 0 Å². The van der Waals surface area contributed by atoms with Gasteiger partial charge in [-0.05, 0) is 69.1 Å². The number of nitrogens with one attached hydrogen (secondary N) is 3. The fraction of sp³-hybridized carbons (Fsp3) is 0.596. The second kappa shape index (κ2) is 27.3. The molecule has 0 unspecified atom stereocenters. The third kappa shape index (κ3) is 15.9. The molecule has 2 aliphatic rings. The van der Waals surface area contributed by atoms with Crippen LogP contribution in [-0.2, 0) is 51.2 Å². The Kier molecular flexibility index (Phi) is 23.1. The summed E-state index contributed by atoms with van der Waals surface area (Å²) in [5, 5.41) is 8.97. The molecule has 0 radical (unpaired) electrons. The van der Waals surface area contributed by atoms with E-state index in [2.05, 4.69) is 16.3 Å². The van der Waals surface area contributed by atoms with Crippen molar-refractivity contribution in [3.63, 3.8) is 0 Å². The van der Waals surface area contributed by atoms with Crippen molar-refractivity contribution in [2.75, 3.05) is 55.7 Å². The maximum Gasteiger partial charge on any atom is 0.459 e. The van der Waals surface area contributed by atoms with E-state index in [1.165, 1.54) is 57.2 Å². The molecule has 22 nitrogen and oxygen atoms in total. The zero-order valence-electron chi connectivity index (χ0n) is 42.0. The van der Waals surface area contributed by atoms with Crippen LogP contribution < -0.4 is 55.4 Å². The second-order valence-electron chi connectivity index (χ2n) is 17.4. The number of carbonyl (C=O) groups excluding carboxylic acids is 7. The lowest BCUT2D eigenvalue weighted by Gasteiger charge is -2.27. The summed E-state index contributed by atoms with van der Waals surface area (Å²) >= 11 is 0. The molecule has 2 saturated heterocycles. The molecule has 2 aromatic rings. The van der Waals surface area contributed by atoms with Gasteiger partial charge in [-0.1, -0.05) is 41.5 Å². The van der Waals surface area contributed by atoms with E-state index >= 15 is 0 Å². The van der Waals surface area contributed by atoms with E-state index in [1.54, 1.807) is 52.1 Å². The number of ether oxygens (including phenoxy) is 5. The zero-order chi connectivity index (χ0) is 52.2. The molecule has 1 aromatic carbocycles. The molecular weight excluding hydrogens is 903 g/mol. The molecule has 2 fully saturated rings. The average Bonchev–Trinajstić information content (AvgIpc) is 4.07. The molecular formula is C47H72N7O15+. The first-order valence-electron chi connectivity index (χ1n) is 22.6. The van der Waals surface area contributed by atoms with Crippen molar-refractivity contribution in [3.05, 3.63) is 35.5 Å². The van der Waals surface area contributed by atoms with E-state index in [9.17, 15) is 38.4 Å². The number of aliphatic carboxylic acids is 1. The van der Waals surface area contributed by atoms with Gasteiger partial charge in [0.2, 0.25) is 41.1 Å². The van der Waals surface area contributed by atoms with Crippen molar-refractivity contribution in [3.8, 4) is 28.9 Å². The van der Waals surface area contributed by atoms with Crippen molar-refractivity contribution in [2.45, 2.75) is 118 Å². The molecule has 2 atom stereocenters. The fourth-order valence-electron chi connectivity index (χ4n) is 7.05. The van der Waals surface area contributed by atoms with E-state index in [1.807, 2.05) is 13.8 Å². The van der Waals surface area contributed by atoms with Crippen LogP contribution in [0.4, 0.5) is 0 Å². The fourth-order valence-corrected chi connectivity index (χ4v) is 7.05. The number of likely N-dealkylation sites (tertiary alicyclic amines) is 2. The predicted molar refractivity (Wildman–Crippen MR) is 249 cm³/mol. The molecule has 6 N–H and O–H groups in total. The number of rotatable bonds is 20. The minimum Gasteiger partial charge on any atom is -0.493 e. The highest BCUT2D eigenvalue weighted by atomic mass is 16.7. The van der Waals surface area contributed by atoms with Crippen LogP contribution in [0.15, 0.2) is 24.4 Å². The molecule has 4 rings (SSSR count). The lowest BCUT2D eigenvalue weighted by molar-refractivity contribution is -0.887. The van der Waals surface area contributed by atoms with Crippen molar-refractivity contribution in [1.82, 2.24) is 26.1 Å². The maximum atomic E-state index is 12.7. The van der Waals surface area contributed by atoms with Crippen LogP contribution in [0.1, 0.15) is 104 Å². The van der Waals surface area contributed by atoms with Crippen LogP contribution in [0.3, 0.4) is 0 Å². The lowest BCUT2D eigenvalue weighted by atomic mass is 9.84. The van der Waals surface area contributed by atoms with E-state index in [-0.39, 0.29) is 18.7 Å². The van der Waals surface area contributed by atoms with Gasteiger partial charge in [-0.25, -0.2) is 10.6 Å². The molecule has 1 aromatic heterocycles. The number of carbonyl (C=O) groups is 8. The van der Waals surface area contributed by atoms with Crippen molar-refractivity contribution >= 4 is 47.1 Å². The summed E-state index contributed by atoms with van der Waals surface area (Å²) in [6.07, 6.45) is 6.18. The Balaban J connectivity index is 0.000000392. The number of nitrogens with zero attached hydrogens (tertiary/aromatic N) is 3. The van der Waals surface area contributed by atoms with Crippen LogP contribution >= 0.6 is 0 Å². The number of aryl methyl sites for hydroxylation is 2. The van der Waals surface area contributed by atoms with Gasteiger partial charge in [-0.3, -0.25) is 54.7 Å². The number of benzene rings is 1. The Morgan fingerprint density at radius 2 is 1.13 bits per heavy atom. The molecule has 0 aliphatic carbocycles. The normalized spacial score (nSPS) is 15.2. The van der Waals surface area contributed by atoms with Gasteiger partial charge < -0.3 is 38.6 Å². The third-order valence-corrected chi connectivity index (χ3v) is 12.1. The van der Waals surface area contributed by atoms with Gasteiger partial charge in [-0.2, -0.15) is 0 Å². The number of amides is 5. The largest absolute Gasteiger partial charge is 0.493 e. The number of hydrogen-bond acceptors (Lipinski definition) is 15. The highest BCUT2D eigenvalue weighted by Crippen LogP contribution is 2.38. The van der Waals surface area contributed by atoms with E-state index in [0.717, 1.165) is 11.1 Å². The first-order valence-corrected chi connectivity index (χ1v) is 22.6. The van der Waals surface area contributed by atoms with Crippen molar-refractivity contribution < 1.29 is 76.7 Å². The first kappa shape index (κ1) is 58.4. The Morgan fingerprint density at radius 1 is 0.667 bits per heavy atom. The van der Waals surface area contributed by atoms with Gasteiger partial charge in [0.1, 0.15) is 19.2 Å². The molecule has 22 heteroatoms. The minimum absolute atomic E-state index is 0.0927. The maximum absolute atomic E-state index is 12.7. The second-order valence-corrected chi connectivity index (χ2v) is 17.4. The molecule has 69 heavy (non-hydrogen) atoms. The molecule has 5 amide bonds. The molecule has 0 saturated carbocycles. The van der Waals surface area contributed by atoms with Gasteiger partial charge in [0.15, 0.2) is 11.5 Å². The molecule has 3 heterocycles. The molecule has 0 spiro atoms. The standard InChI is InChI=1S/C24H35N3O7.C12H19NO4.C11H17N3O4/c1-7-24(2,3)21(29)23(31)27-12-8-9-16(27)22(30)26-25-19(28)11-10-15-13-17(32-4)20(34-6)18(14-15)33-5;1-4-12(2,3)9(14)10(15)13-7-5-6-8(13)11(16)17;1-16-9-6-8(4-5-10(15)13-12)7-14(18-3)11(9)17-2/h13-14,16H,7-12H2,1-6H3,(H,25,28)(H,26,30);8H,4-7H2,1-3H3,(H,16,17);6-7H,4-5,12H2,1-3H3/p+1/t16-;8-;/m00./s1. The number of nitrogens with two attached hydrogens (primary N) is 1. The number of Topliss-reactive ketones (excluding diaryl/α,β-unsaturated/α-hetero) is 2. The van der Waals surface area contributed by atoms with Crippen LogP contribution in [0.2, 0.25) is 0 Å². The quantitative estimate of drug-likeness (QED) is 0.0416. The number of pyridine rings is 1. The number of ketones is 2. The monoisotopic (exact) mass is 975 g/mol. The van der Waals surface area contributed by atoms with Gasteiger partial charge in [0, 0.05) is 48.4 Å². The Labute approximate surface area is 403 Å². The minimum atomic E-state index is -1.03. The van der Waals surface area contributed by atoms with Crippen LogP contribution in [-0.4, -0.2) is 130 Å². The van der Waals surface area contributed by atoms with Gasteiger partial charge >= 0.3 is 11.8 Å². The van der Waals surface area contributed by atoms with Crippen molar-refractivity contribution in [1.29, 1.82) is 0 Å². The Bertz CT molecular complexity index is 2100. The van der Waals surface area contributed by atoms with E-state index in [4.69, 9.17) is 39.5 Å². The third-order valence-electron chi connectivity index (χ3n) is 12.1. The number of hydrogen-bond donors (Lipinski definition) is 5. The van der Waals surface area contributed by atoms with E-state index < -0.39 is 64.1 Å². The highest BCUT2D eigenvalue weighted by molar-refractivity contribution is 6.38. The average molecular weight is 975 g/mol.